The molecule has 102 valence electrons. The molecule has 0 amide bonds. The van der Waals surface area contributed by atoms with Crippen molar-refractivity contribution < 1.29 is 15.0 Å². The van der Waals surface area contributed by atoms with Crippen LogP contribution in [0.3, 0.4) is 0 Å². The SMILES string of the molecule is O=C(/C=C/c1cc(O)c(O)c(Cl)c1)c1ccccc1Cl. The summed E-state index contributed by atoms with van der Waals surface area (Å²) in [6.07, 6.45) is 2.81. The number of carbonyl (C=O) groups excluding carboxylic acids is 1. The van der Waals surface area contributed by atoms with Gasteiger partial charge in [-0.15, -0.1) is 0 Å². The molecule has 3 nitrogen and oxygen atoms in total. The lowest BCUT2D eigenvalue weighted by Gasteiger charge is -2.02. The van der Waals surface area contributed by atoms with Crippen molar-refractivity contribution in [3.8, 4) is 11.5 Å². The third-order valence-corrected chi connectivity index (χ3v) is 3.25. The molecule has 0 radical (unpaired) electrons. The van der Waals surface area contributed by atoms with Gasteiger partial charge in [-0.05, 0) is 35.9 Å². The van der Waals surface area contributed by atoms with Crippen molar-refractivity contribution in [3.63, 3.8) is 0 Å². The Morgan fingerprint density at radius 3 is 2.40 bits per heavy atom. The van der Waals surface area contributed by atoms with Gasteiger partial charge in [-0.25, -0.2) is 0 Å². The zero-order valence-corrected chi connectivity index (χ0v) is 11.7. The molecule has 0 bridgehead atoms. The fourth-order valence-electron chi connectivity index (χ4n) is 1.62. The van der Waals surface area contributed by atoms with Gasteiger partial charge >= 0.3 is 0 Å². The fourth-order valence-corrected chi connectivity index (χ4v) is 2.08. The fraction of sp³-hybridized carbons (Fsp3) is 0. The summed E-state index contributed by atoms with van der Waals surface area (Å²) in [5.74, 6) is -0.997. The molecular weight excluding hydrogens is 299 g/mol. The Morgan fingerprint density at radius 2 is 1.75 bits per heavy atom. The van der Waals surface area contributed by atoms with Crippen LogP contribution in [-0.4, -0.2) is 16.0 Å². The second-order valence-electron chi connectivity index (χ2n) is 4.05. The van der Waals surface area contributed by atoms with Crippen molar-refractivity contribution in [1.29, 1.82) is 0 Å². The third kappa shape index (κ3) is 3.13. The summed E-state index contributed by atoms with van der Waals surface area (Å²) in [6.45, 7) is 0. The van der Waals surface area contributed by atoms with Gasteiger partial charge in [-0.3, -0.25) is 4.79 Å². The maximum Gasteiger partial charge on any atom is 0.187 e. The number of rotatable bonds is 3. The molecule has 0 aromatic heterocycles. The van der Waals surface area contributed by atoms with E-state index in [2.05, 4.69) is 0 Å². The van der Waals surface area contributed by atoms with Crippen LogP contribution in [0, 0.1) is 0 Å². The summed E-state index contributed by atoms with van der Waals surface area (Å²) in [7, 11) is 0. The number of halogens is 2. The van der Waals surface area contributed by atoms with Crippen molar-refractivity contribution in [3.05, 3.63) is 63.6 Å². The molecule has 2 aromatic rings. The molecule has 5 heteroatoms. The topological polar surface area (TPSA) is 57.5 Å². The average molecular weight is 309 g/mol. The van der Waals surface area contributed by atoms with Crippen molar-refractivity contribution in [2.75, 3.05) is 0 Å². The lowest BCUT2D eigenvalue weighted by molar-refractivity contribution is 0.104. The summed E-state index contributed by atoms with van der Waals surface area (Å²) >= 11 is 11.6. The highest BCUT2D eigenvalue weighted by molar-refractivity contribution is 6.34. The Bertz CT molecular complexity index is 670. The molecule has 2 aromatic carbocycles. The van der Waals surface area contributed by atoms with Crippen LogP contribution in [0.25, 0.3) is 6.08 Å². The van der Waals surface area contributed by atoms with Crippen LogP contribution in [0.4, 0.5) is 0 Å². The number of ketones is 1. The van der Waals surface area contributed by atoms with E-state index in [9.17, 15) is 15.0 Å². The Hall–Kier alpha value is -1.97. The molecule has 0 saturated heterocycles. The maximum atomic E-state index is 12.0. The van der Waals surface area contributed by atoms with Crippen LogP contribution in [0.1, 0.15) is 15.9 Å². The Balaban J connectivity index is 2.26. The third-order valence-electron chi connectivity index (χ3n) is 2.63. The van der Waals surface area contributed by atoms with Gasteiger partial charge in [0.25, 0.3) is 0 Å². The molecule has 0 saturated carbocycles. The monoisotopic (exact) mass is 308 g/mol. The molecule has 0 fully saturated rings. The minimum atomic E-state index is -0.388. The first-order chi connectivity index (χ1) is 9.49. The van der Waals surface area contributed by atoms with Gasteiger partial charge in [0, 0.05) is 5.56 Å². The van der Waals surface area contributed by atoms with E-state index in [1.54, 1.807) is 24.3 Å². The standard InChI is InChI=1S/C15H10Cl2O3/c16-11-4-2-1-3-10(11)13(18)6-5-9-7-12(17)15(20)14(19)8-9/h1-8,19-20H/b6-5+. The summed E-state index contributed by atoms with van der Waals surface area (Å²) in [5.41, 5.74) is 0.880. The van der Waals surface area contributed by atoms with Crippen molar-refractivity contribution in [2.24, 2.45) is 0 Å². The maximum absolute atomic E-state index is 12.0. The van der Waals surface area contributed by atoms with Gasteiger partial charge in [-0.1, -0.05) is 41.4 Å². The van der Waals surface area contributed by atoms with Crippen LogP contribution in [0.5, 0.6) is 11.5 Å². The van der Waals surface area contributed by atoms with Crippen LogP contribution in [0.2, 0.25) is 10.0 Å². The number of aromatic hydroxyl groups is 2. The van der Waals surface area contributed by atoms with Crippen LogP contribution >= 0.6 is 23.2 Å². The highest BCUT2D eigenvalue weighted by Gasteiger charge is 2.08. The molecule has 0 atom stereocenters. The molecule has 2 N–H and O–H groups in total. The first-order valence-corrected chi connectivity index (χ1v) is 6.43. The van der Waals surface area contributed by atoms with E-state index in [4.69, 9.17) is 23.2 Å². The molecule has 0 heterocycles. The van der Waals surface area contributed by atoms with Crippen LogP contribution < -0.4 is 0 Å². The molecule has 0 aliphatic heterocycles. The Kier molecular flexibility index (Phi) is 4.32. The Morgan fingerprint density at radius 1 is 1.05 bits per heavy atom. The number of hydrogen-bond acceptors (Lipinski definition) is 3. The van der Waals surface area contributed by atoms with Crippen molar-refractivity contribution >= 4 is 35.1 Å². The predicted octanol–water partition coefficient (Wildman–Crippen LogP) is 4.30. The first-order valence-electron chi connectivity index (χ1n) is 5.67. The second kappa shape index (κ2) is 5.99. The van der Waals surface area contributed by atoms with Gasteiger partial charge in [0.1, 0.15) is 0 Å². The first kappa shape index (κ1) is 14.4. The molecule has 0 spiro atoms. The summed E-state index contributed by atoms with van der Waals surface area (Å²) < 4.78 is 0. The largest absolute Gasteiger partial charge is 0.504 e. The lowest BCUT2D eigenvalue weighted by Crippen LogP contribution is -1.94. The molecule has 0 aliphatic rings. The number of phenols is 2. The average Bonchev–Trinajstić information content (AvgIpc) is 2.42. The smallest absolute Gasteiger partial charge is 0.187 e. The summed E-state index contributed by atoms with van der Waals surface area (Å²) in [5, 5.41) is 19.1. The number of allylic oxidation sites excluding steroid dienone is 1. The summed E-state index contributed by atoms with van der Waals surface area (Å²) in [4.78, 5) is 12.0. The molecular formula is C15H10Cl2O3. The van der Waals surface area contributed by atoms with Gasteiger partial charge in [-0.2, -0.15) is 0 Å². The van der Waals surface area contributed by atoms with Crippen molar-refractivity contribution in [1.82, 2.24) is 0 Å². The zero-order valence-electron chi connectivity index (χ0n) is 10.2. The normalized spacial score (nSPS) is 10.9. The Labute approximate surface area is 125 Å². The zero-order chi connectivity index (χ0) is 14.7. The van der Waals surface area contributed by atoms with Gasteiger partial charge < -0.3 is 10.2 Å². The van der Waals surface area contributed by atoms with E-state index < -0.39 is 0 Å². The van der Waals surface area contributed by atoms with E-state index in [-0.39, 0.29) is 22.3 Å². The highest BCUT2D eigenvalue weighted by Crippen LogP contribution is 2.34. The molecule has 0 unspecified atom stereocenters. The van der Waals surface area contributed by atoms with E-state index in [1.165, 1.54) is 24.3 Å². The van der Waals surface area contributed by atoms with Crippen LogP contribution in [-0.2, 0) is 0 Å². The van der Waals surface area contributed by atoms with E-state index >= 15 is 0 Å². The van der Waals surface area contributed by atoms with E-state index in [1.807, 2.05) is 0 Å². The minimum Gasteiger partial charge on any atom is -0.504 e. The minimum absolute atomic E-state index is 0.00911. The van der Waals surface area contributed by atoms with Gasteiger partial charge in [0.2, 0.25) is 0 Å². The molecule has 20 heavy (non-hydrogen) atoms. The quantitative estimate of drug-likeness (QED) is 0.505. The van der Waals surface area contributed by atoms with E-state index in [0.29, 0.717) is 16.1 Å². The lowest BCUT2D eigenvalue weighted by atomic mass is 10.1. The van der Waals surface area contributed by atoms with E-state index in [0.717, 1.165) is 0 Å². The highest BCUT2D eigenvalue weighted by atomic mass is 35.5. The second-order valence-corrected chi connectivity index (χ2v) is 4.86. The van der Waals surface area contributed by atoms with Gasteiger partial charge in [0.15, 0.2) is 17.3 Å². The molecule has 0 aliphatic carbocycles. The number of benzene rings is 2. The number of hydrogen-bond donors (Lipinski definition) is 2. The van der Waals surface area contributed by atoms with Crippen LogP contribution in [0.15, 0.2) is 42.5 Å². The summed E-state index contributed by atoms with van der Waals surface area (Å²) in [6, 6.07) is 9.45. The van der Waals surface area contributed by atoms with Crippen molar-refractivity contribution in [2.45, 2.75) is 0 Å². The number of phenolic OH excluding ortho intramolecular Hbond substituents is 2. The number of carbonyl (C=O) groups is 1. The van der Waals surface area contributed by atoms with Gasteiger partial charge in [0.05, 0.1) is 10.0 Å². The predicted molar refractivity (Wildman–Crippen MR) is 79.6 cm³/mol. The molecule has 2 rings (SSSR count).